The predicted molar refractivity (Wildman–Crippen MR) is 103 cm³/mol. The third kappa shape index (κ3) is 6.36. The minimum absolute atomic E-state index is 0.0697. The molecule has 2 aliphatic carbocycles. The minimum Gasteiger partial charge on any atom is -0.356 e. The fourth-order valence-corrected chi connectivity index (χ4v) is 3.64. The Labute approximate surface area is 156 Å². The summed E-state index contributed by atoms with van der Waals surface area (Å²) in [6, 6.07) is 10.1. The van der Waals surface area contributed by atoms with Gasteiger partial charge in [-0.2, -0.15) is 0 Å². The highest BCUT2D eigenvalue weighted by atomic mass is 16.2. The molecule has 2 fully saturated rings. The Kier molecular flexibility index (Phi) is 6.92. The lowest BCUT2D eigenvalue weighted by Gasteiger charge is -2.28. The number of amides is 3. The van der Waals surface area contributed by atoms with Crippen molar-refractivity contribution in [1.82, 2.24) is 16.0 Å². The summed E-state index contributed by atoms with van der Waals surface area (Å²) in [6.07, 6.45) is 7.55. The van der Waals surface area contributed by atoms with Crippen LogP contribution in [-0.4, -0.2) is 31.6 Å². The molecule has 5 heteroatoms. The van der Waals surface area contributed by atoms with Crippen LogP contribution < -0.4 is 16.0 Å². The zero-order chi connectivity index (χ0) is 18.2. The van der Waals surface area contributed by atoms with E-state index in [1.807, 2.05) is 18.2 Å². The van der Waals surface area contributed by atoms with Gasteiger partial charge in [0.2, 0.25) is 5.91 Å². The van der Waals surface area contributed by atoms with Gasteiger partial charge in [-0.05, 0) is 62.3 Å². The van der Waals surface area contributed by atoms with Crippen molar-refractivity contribution in [2.75, 3.05) is 19.6 Å². The van der Waals surface area contributed by atoms with Crippen LogP contribution in [0.3, 0.4) is 0 Å². The molecule has 1 aromatic rings. The van der Waals surface area contributed by atoms with Crippen LogP contribution in [-0.2, 0) is 11.2 Å². The second-order valence-corrected chi connectivity index (χ2v) is 7.78. The van der Waals surface area contributed by atoms with Crippen LogP contribution in [0.1, 0.15) is 44.1 Å². The fourth-order valence-electron chi connectivity index (χ4n) is 3.64. The number of hydrogen-bond acceptors (Lipinski definition) is 2. The first-order chi connectivity index (χ1) is 12.7. The lowest BCUT2D eigenvalue weighted by molar-refractivity contribution is -0.122. The number of rotatable bonds is 8. The predicted octanol–water partition coefficient (Wildman–Crippen LogP) is 2.86. The number of benzene rings is 1. The quantitative estimate of drug-likeness (QED) is 0.669. The van der Waals surface area contributed by atoms with E-state index in [0.29, 0.717) is 24.3 Å². The molecule has 0 saturated heterocycles. The van der Waals surface area contributed by atoms with E-state index < -0.39 is 0 Å². The topological polar surface area (TPSA) is 70.2 Å². The third-order valence-electron chi connectivity index (χ3n) is 5.57. The van der Waals surface area contributed by atoms with Gasteiger partial charge in [-0.15, -0.1) is 0 Å². The standard InChI is InChI=1S/C21H31N3O2/c25-20(19-10-11-19)23-14-17-6-8-18(9-7-17)15-24-21(26)22-13-12-16-4-2-1-3-5-16/h1-5,17-19H,6-15H2,(H,23,25)(H2,22,24,26). The lowest BCUT2D eigenvalue weighted by atomic mass is 9.82. The lowest BCUT2D eigenvalue weighted by Crippen LogP contribution is -2.40. The summed E-state index contributed by atoms with van der Waals surface area (Å²) in [4.78, 5) is 23.6. The van der Waals surface area contributed by atoms with Gasteiger partial charge in [-0.3, -0.25) is 4.79 Å². The van der Waals surface area contributed by atoms with Crippen LogP contribution >= 0.6 is 0 Å². The first-order valence-corrected chi connectivity index (χ1v) is 10.0. The summed E-state index contributed by atoms with van der Waals surface area (Å²) >= 11 is 0. The molecule has 0 unspecified atom stereocenters. The van der Waals surface area contributed by atoms with Gasteiger partial charge >= 0.3 is 6.03 Å². The Morgan fingerprint density at radius 3 is 2.04 bits per heavy atom. The molecule has 2 saturated carbocycles. The van der Waals surface area contributed by atoms with E-state index in [4.69, 9.17) is 0 Å². The van der Waals surface area contributed by atoms with Crippen LogP contribution in [0.2, 0.25) is 0 Å². The maximum atomic E-state index is 11.9. The number of urea groups is 1. The van der Waals surface area contributed by atoms with Gasteiger partial charge in [0.05, 0.1) is 0 Å². The van der Waals surface area contributed by atoms with E-state index in [1.165, 1.54) is 5.56 Å². The Hall–Kier alpha value is -2.04. The molecule has 3 amide bonds. The van der Waals surface area contributed by atoms with Crippen molar-refractivity contribution in [1.29, 1.82) is 0 Å². The molecule has 0 bridgehead atoms. The minimum atomic E-state index is -0.0697. The smallest absolute Gasteiger partial charge is 0.314 e. The molecule has 0 atom stereocenters. The van der Waals surface area contributed by atoms with Crippen molar-refractivity contribution in [3.63, 3.8) is 0 Å². The third-order valence-corrected chi connectivity index (χ3v) is 5.57. The van der Waals surface area contributed by atoms with Gasteiger partial charge in [0, 0.05) is 25.6 Å². The molecule has 26 heavy (non-hydrogen) atoms. The van der Waals surface area contributed by atoms with Crippen molar-refractivity contribution in [3.05, 3.63) is 35.9 Å². The first-order valence-electron chi connectivity index (χ1n) is 10.0. The fraction of sp³-hybridized carbons (Fsp3) is 0.619. The van der Waals surface area contributed by atoms with Crippen molar-refractivity contribution < 1.29 is 9.59 Å². The summed E-state index contributed by atoms with van der Waals surface area (Å²) in [5.41, 5.74) is 1.24. The van der Waals surface area contributed by atoms with Gasteiger partial charge in [-0.1, -0.05) is 30.3 Å². The SMILES string of the molecule is O=C(NCCc1ccccc1)NCC1CCC(CNC(=O)C2CC2)CC1. The molecule has 2 aliphatic rings. The van der Waals surface area contributed by atoms with E-state index >= 15 is 0 Å². The van der Waals surface area contributed by atoms with Crippen molar-refractivity contribution in [3.8, 4) is 0 Å². The monoisotopic (exact) mass is 357 g/mol. The summed E-state index contributed by atoms with van der Waals surface area (Å²) < 4.78 is 0. The first kappa shape index (κ1) is 18.7. The summed E-state index contributed by atoms with van der Waals surface area (Å²) in [5.74, 6) is 1.72. The molecule has 3 N–H and O–H groups in total. The van der Waals surface area contributed by atoms with E-state index in [2.05, 4.69) is 28.1 Å². The van der Waals surface area contributed by atoms with Crippen LogP contribution in [0.15, 0.2) is 30.3 Å². The molecule has 0 aliphatic heterocycles. The van der Waals surface area contributed by atoms with Gasteiger partial charge in [-0.25, -0.2) is 4.79 Å². The molecule has 142 valence electrons. The van der Waals surface area contributed by atoms with Crippen molar-refractivity contribution >= 4 is 11.9 Å². The normalized spacial score (nSPS) is 22.5. The highest BCUT2D eigenvalue weighted by molar-refractivity contribution is 5.80. The van der Waals surface area contributed by atoms with Crippen LogP contribution in [0, 0.1) is 17.8 Å². The van der Waals surface area contributed by atoms with Crippen LogP contribution in [0.4, 0.5) is 4.79 Å². The van der Waals surface area contributed by atoms with E-state index in [0.717, 1.165) is 58.0 Å². The summed E-state index contributed by atoms with van der Waals surface area (Å²) in [7, 11) is 0. The largest absolute Gasteiger partial charge is 0.356 e. The molecule has 3 rings (SSSR count). The van der Waals surface area contributed by atoms with Crippen LogP contribution in [0.5, 0.6) is 0 Å². The Morgan fingerprint density at radius 2 is 1.42 bits per heavy atom. The Morgan fingerprint density at radius 1 is 0.808 bits per heavy atom. The van der Waals surface area contributed by atoms with E-state index in [-0.39, 0.29) is 11.9 Å². The summed E-state index contributed by atoms with van der Waals surface area (Å²) in [5, 5.41) is 9.04. The number of carbonyl (C=O) groups is 2. The number of hydrogen-bond donors (Lipinski definition) is 3. The Balaban J connectivity index is 1.22. The van der Waals surface area contributed by atoms with Gasteiger partial charge in [0.15, 0.2) is 0 Å². The van der Waals surface area contributed by atoms with Gasteiger partial charge < -0.3 is 16.0 Å². The maximum Gasteiger partial charge on any atom is 0.314 e. The second kappa shape index (κ2) is 9.60. The second-order valence-electron chi connectivity index (χ2n) is 7.78. The molecule has 1 aromatic carbocycles. The number of nitrogens with one attached hydrogen (secondary N) is 3. The molecule has 0 spiro atoms. The maximum absolute atomic E-state index is 11.9. The van der Waals surface area contributed by atoms with Crippen molar-refractivity contribution in [2.24, 2.45) is 17.8 Å². The molecule has 5 nitrogen and oxygen atoms in total. The van der Waals surface area contributed by atoms with Gasteiger partial charge in [0.25, 0.3) is 0 Å². The number of carbonyl (C=O) groups excluding carboxylic acids is 2. The van der Waals surface area contributed by atoms with Crippen molar-refractivity contribution in [2.45, 2.75) is 44.9 Å². The van der Waals surface area contributed by atoms with Crippen LogP contribution in [0.25, 0.3) is 0 Å². The highest BCUT2D eigenvalue weighted by Gasteiger charge is 2.30. The van der Waals surface area contributed by atoms with E-state index in [1.54, 1.807) is 0 Å². The Bertz CT molecular complexity index is 578. The molecular formula is C21H31N3O2. The van der Waals surface area contributed by atoms with Gasteiger partial charge in [0.1, 0.15) is 0 Å². The average Bonchev–Trinajstić information content (AvgIpc) is 3.51. The molecule has 0 aromatic heterocycles. The zero-order valence-electron chi connectivity index (χ0n) is 15.5. The average molecular weight is 357 g/mol. The molecular weight excluding hydrogens is 326 g/mol. The highest BCUT2D eigenvalue weighted by Crippen LogP contribution is 2.30. The summed E-state index contributed by atoms with van der Waals surface area (Å²) in [6.45, 7) is 2.23. The molecule has 0 radical (unpaired) electrons. The zero-order valence-corrected chi connectivity index (χ0v) is 15.5. The van der Waals surface area contributed by atoms with E-state index in [9.17, 15) is 9.59 Å². The molecule has 0 heterocycles.